The number of para-hydroxylation sites is 1. The minimum Gasteiger partial charge on any atom is -0.508 e. The maximum absolute atomic E-state index is 12.5. The Balaban J connectivity index is 2.14. The zero-order valence-corrected chi connectivity index (χ0v) is 16.2. The number of benzene rings is 2. The molecule has 2 aromatic carbocycles. The molecule has 0 aliphatic rings. The van der Waals surface area contributed by atoms with Crippen LogP contribution >= 0.6 is 11.8 Å². The first-order valence-corrected chi connectivity index (χ1v) is 9.45. The first kappa shape index (κ1) is 21.1. The van der Waals surface area contributed by atoms with Gasteiger partial charge in [-0.3, -0.25) is 9.59 Å². The van der Waals surface area contributed by atoms with Gasteiger partial charge in [-0.05, 0) is 37.6 Å². The lowest BCUT2D eigenvalue weighted by molar-refractivity contribution is -0.136. The number of amides is 1. The Morgan fingerprint density at radius 3 is 2.71 bits per heavy atom. The molecule has 0 spiro atoms. The molecule has 0 radical (unpaired) electrons. The monoisotopic (exact) mass is 400 g/mol. The van der Waals surface area contributed by atoms with Crippen LogP contribution in [-0.4, -0.2) is 33.9 Å². The lowest BCUT2D eigenvalue weighted by Gasteiger charge is -2.17. The molecule has 1 amide bonds. The Morgan fingerprint density at radius 1 is 1.32 bits per heavy atom. The average molecular weight is 400 g/mol. The van der Waals surface area contributed by atoms with Crippen molar-refractivity contribution in [2.75, 3.05) is 11.1 Å². The highest BCUT2D eigenvalue weighted by molar-refractivity contribution is 7.99. The van der Waals surface area contributed by atoms with Gasteiger partial charge in [0.1, 0.15) is 17.6 Å². The summed E-state index contributed by atoms with van der Waals surface area (Å²) in [7, 11) is 0. The number of hydrogen-bond acceptors (Lipinski definition) is 6. The van der Waals surface area contributed by atoms with Gasteiger partial charge in [0.25, 0.3) is 5.91 Å². The van der Waals surface area contributed by atoms with Gasteiger partial charge in [-0.25, -0.2) is 0 Å². The number of hydrogen-bond donors (Lipinski definition) is 3. The van der Waals surface area contributed by atoms with Crippen molar-refractivity contribution in [3.63, 3.8) is 0 Å². The normalized spacial score (nSPS) is 11.3. The number of nitrogens with zero attached hydrogens (tertiary/aromatic N) is 1. The molecule has 0 saturated carbocycles. The maximum Gasteiger partial charge on any atom is 0.304 e. The van der Waals surface area contributed by atoms with Crippen LogP contribution < -0.4 is 10.1 Å². The third-order valence-corrected chi connectivity index (χ3v) is 4.87. The van der Waals surface area contributed by atoms with Gasteiger partial charge in [0.2, 0.25) is 0 Å². The number of aromatic hydroxyl groups is 1. The predicted molar refractivity (Wildman–Crippen MR) is 106 cm³/mol. The van der Waals surface area contributed by atoms with Gasteiger partial charge in [0.05, 0.1) is 17.7 Å². The summed E-state index contributed by atoms with van der Waals surface area (Å²) in [6, 6.07) is 11.7. The summed E-state index contributed by atoms with van der Waals surface area (Å²) in [5, 5.41) is 30.6. The topological polar surface area (TPSA) is 120 Å². The van der Waals surface area contributed by atoms with E-state index in [1.807, 2.05) is 6.07 Å². The SMILES string of the molecule is Cc1cc(SCCC(=O)O)c(NC(=O)C(C)Oc2ccccc2C#N)cc1O. The molecular weight excluding hydrogens is 380 g/mol. The molecule has 0 fully saturated rings. The summed E-state index contributed by atoms with van der Waals surface area (Å²) in [4.78, 5) is 23.9. The minimum atomic E-state index is -0.910. The zero-order chi connectivity index (χ0) is 20.7. The van der Waals surface area contributed by atoms with Gasteiger partial charge in [-0.15, -0.1) is 11.8 Å². The lowest BCUT2D eigenvalue weighted by atomic mass is 10.2. The van der Waals surface area contributed by atoms with Crippen LogP contribution in [0.1, 0.15) is 24.5 Å². The van der Waals surface area contributed by atoms with Crippen molar-refractivity contribution in [1.29, 1.82) is 5.26 Å². The van der Waals surface area contributed by atoms with E-state index < -0.39 is 18.0 Å². The van der Waals surface area contributed by atoms with Crippen LogP contribution in [0.25, 0.3) is 0 Å². The zero-order valence-electron chi connectivity index (χ0n) is 15.4. The number of phenolic OH excluding ortho intramolecular Hbond substituents is 1. The molecule has 0 aliphatic heterocycles. The fraction of sp³-hybridized carbons (Fsp3) is 0.250. The number of carboxylic acid groups (broad SMARTS) is 1. The van der Waals surface area contributed by atoms with E-state index in [9.17, 15) is 14.7 Å². The second kappa shape index (κ2) is 9.67. The number of aliphatic carboxylic acids is 1. The summed E-state index contributed by atoms with van der Waals surface area (Å²) in [5.74, 6) is -0.733. The molecule has 0 saturated heterocycles. The second-order valence-electron chi connectivity index (χ2n) is 5.98. The van der Waals surface area contributed by atoms with Crippen LogP contribution in [0.2, 0.25) is 0 Å². The highest BCUT2D eigenvalue weighted by Gasteiger charge is 2.19. The Labute approximate surface area is 166 Å². The number of phenols is 1. The van der Waals surface area contributed by atoms with E-state index in [0.29, 0.717) is 33.2 Å². The summed E-state index contributed by atoms with van der Waals surface area (Å²) >= 11 is 1.27. The number of carbonyl (C=O) groups excluding carboxylic acids is 1. The molecule has 0 heterocycles. The average Bonchev–Trinajstić information content (AvgIpc) is 2.65. The summed E-state index contributed by atoms with van der Waals surface area (Å²) in [6.45, 7) is 3.27. The van der Waals surface area contributed by atoms with Gasteiger partial charge < -0.3 is 20.3 Å². The first-order valence-electron chi connectivity index (χ1n) is 8.46. The molecule has 0 aromatic heterocycles. The van der Waals surface area contributed by atoms with Gasteiger partial charge in [-0.2, -0.15) is 5.26 Å². The number of nitrogens with one attached hydrogen (secondary N) is 1. The number of nitriles is 1. The van der Waals surface area contributed by atoms with Crippen LogP contribution in [0.5, 0.6) is 11.5 Å². The quantitative estimate of drug-likeness (QED) is 0.580. The molecule has 7 nitrogen and oxygen atoms in total. The van der Waals surface area contributed by atoms with E-state index in [1.54, 1.807) is 44.2 Å². The number of anilines is 1. The summed E-state index contributed by atoms with van der Waals surface area (Å²) in [6.07, 6.45) is -0.919. The van der Waals surface area contributed by atoms with Crippen molar-refractivity contribution in [1.82, 2.24) is 0 Å². The number of carbonyl (C=O) groups is 2. The van der Waals surface area contributed by atoms with Crippen molar-refractivity contribution in [2.45, 2.75) is 31.3 Å². The lowest BCUT2D eigenvalue weighted by Crippen LogP contribution is -2.30. The highest BCUT2D eigenvalue weighted by atomic mass is 32.2. The molecule has 146 valence electrons. The Morgan fingerprint density at radius 2 is 2.04 bits per heavy atom. The van der Waals surface area contributed by atoms with Gasteiger partial charge >= 0.3 is 5.97 Å². The van der Waals surface area contributed by atoms with E-state index >= 15 is 0 Å². The third-order valence-electron chi connectivity index (χ3n) is 3.81. The van der Waals surface area contributed by atoms with Crippen molar-refractivity contribution < 1.29 is 24.5 Å². The standard InChI is InChI=1S/C20H20N2O5S/c1-12-9-18(28-8-7-19(24)25)15(10-16(12)23)22-20(26)13(2)27-17-6-4-3-5-14(17)11-21/h3-6,9-10,13,23H,7-8H2,1-2H3,(H,22,26)(H,24,25). The molecule has 28 heavy (non-hydrogen) atoms. The van der Waals surface area contributed by atoms with Crippen molar-refractivity contribution in [2.24, 2.45) is 0 Å². The van der Waals surface area contributed by atoms with E-state index in [2.05, 4.69) is 5.32 Å². The van der Waals surface area contributed by atoms with Crippen LogP contribution in [0.4, 0.5) is 5.69 Å². The molecule has 3 N–H and O–H groups in total. The molecule has 8 heteroatoms. The Hall–Kier alpha value is -3.18. The van der Waals surface area contributed by atoms with E-state index in [-0.39, 0.29) is 12.2 Å². The van der Waals surface area contributed by atoms with E-state index in [1.165, 1.54) is 17.8 Å². The molecule has 0 aliphatic carbocycles. The molecule has 2 aromatic rings. The number of rotatable bonds is 8. The van der Waals surface area contributed by atoms with E-state index in [4.69, 9.17) is 15.1 Å². The maximum atomic E-state index is 12.5. The van der Waals surface area contributed by atoms with Gasteiger partial charge in [-0.1, -0.05) is 12.1 Å². The minimum absolute atomic E-state index is 0.0151. The smallest absolute Gasteiger partial charge is 0.304 e. The molecular formula is C20H20N2O5S. The predicted octanol–water partition coefficient (Wildman–Crippen LogP) is 3.55. The van der Waals surface area contributed by atoms with Gasteiger partial charge in [0.15, 0.2) is 6.10 Å². The first-order chi connectivity index (χ1) is 13.3. The molecule has 1 unspecified atom stereocenters. The molecule has 1 atom stereocenters. The van der Waals surface area contributed by atoms with E-state index in [0.717, 1.165) is 0 Å². The van der Waals surface area contributed by atoms with Crippen molar-refractivity contribution in [3.05, 3.63) is 47.5 Å². The summed E-state index contributed by atoms with van der Waals surface area (Å²) < 4.78 is 5.60. The largest absolute Gasteiger partial charge is 0.508 e. The summed E-state index contributed by atoms with van der Waals surface area (Å²) in [5.41, 5.74) is 1.30. The number of carboxylic acids is 1. The van der Waals surface area contributed by atoms with Crippen molar-refractivity contribution >= 4 is 29.3 Å². The van der Waals surface area contributed by atoms with Crippen LogP contribution in [0, 0.1) is 18.3 Å². The van der Waals surface area contributed by atoms with Crippen molar-refractivity contribution in [3.8, 4) is 17.6 Å². The fourth-order valence-electron chi connectivity index (χ4n) is 2.28. The number of ether oxygens (including phenoxy) is 1. The van der Waals surface area contributed by atoms with Crippen LogP contribution in [-0.2, 0) is 9.59 Å². The molecule has 0 bridgehead atoms. The molecule has 2 rings (SSSR count). The van der Waals surface area contributed by atoms with Gasteiger partial charge in [0, 0.05) is 16.7 Å². The Bertz CT molecular complexity index is 923. The fourth-order valence-corrected chi connectivity index (χ4v) is 3.30. The highest BCUT2D eigenvalue weighted by Crippen LogP contribution is 2.34. The Kier molecular flexibility index (Phi) is 7.29. The third kappa shape index (κ3) is 5.66. The van der Waals surface area contributed by atoms with Crippen LogP contribution in [0.3, 0.4) is 0 Å². The van der Waals surface area contributed by atoms with Crippen LogP contribution in [0.15, 0.2) is 41.3 Å². The second-order valence-corrected chi connectivity index (χ2v) is 7.12. The number of aryl methyl sites for hydroxylation is 1. The number of thioether (sulfide) groups is 1.